The van der Waals surface area contributed by atoms with Crippen molar-refractivity contribution in [1.82, 2.24) is 15.1 Å². The predicted molar refractivity (Wildman–Crippen MR) is 96.7 cm³/mol. The second kappa shape index (κ2) is 9.17. The second-order valence-electron chi connectivity index (χ2n) is 6.84. The van der Waals surface area contributed by atoms with Gasteiger partial charge in [-0.05, 0) is 30.5 Å². The number of nitrogens with one attached hydrogen (secondary N) is 1. The average Bonchev–Trinajstić information content (AvgIpc) is 3.16. The van der Waals surface area contributed by atoms with Gasteiger partial charge >= 0.3 is 0 Å². The third-order valence-corrected chi connectivity index (χ3v) is 4.95. The number of ether oxygens (including phenoxy) is 2. The summed E-state index contributed by atoms with van der Waals surface area (Å²) in [4.78, 5) is 16.7. The highest BCUT2D eigenvalue weighted by molar-refractivity contribution is 5.78. The summed E-state index contributed by atoms with van der Waals surface area (Å²) < 4.78 is 10.7. The van der Waals surface area contributed by atoms with Crippen molar-refractivity contribution in [2.24, 2.45) is 0 Å². The molecule has 2 aliphatic heterocycles. The Morgan fingerprint density at radius 1 is 1.20 bits per heavy atom. The van der Waals surface area contributed by atoms with Crippen LogP contribution in [0, 0.1) is 0 Å². The van der Waals surface area contributed by atoms with Crippen molar-refractivity contribution in [3.05, 3.63) is 29.8 Å². The zero-order valence-corrected chi connectivity index (χ0v) is 15.1. The highest BCUT2D eigenvalue weighted by Gasteiger charge is 2.20. The molecule has 6 heteroatoms. The molecule has 138 valence electrons. The first kappa shape index (κ1) is 18.2. The topological polar surface area (TPSA) is 54.0 Å². The number of nitrogens with zero attached hydrogens (tertiary/aromatic N) is 2. The van der Waals surface area contributed by atoms with E-state index in [2.05, 4.69) is 27.2 Å². The molecule has 1 aromatic rings. The smallest absolute Gasteiger partial charge is 0.234 e. The first-order valence-corrected chi connectivity index (χ1v) is 9.19. The van der Waals surface area contributed by atoms with Crippen molar-refractivity contribution in [2.75, 3.05) is 53.0 Å². The van der Waals surface area contributed by atoms with Crippen molar-refractivity contribution < 1.29 is 14.3 Å². The van der Waals surface area contributed by atoms with E-state index in [0.717, 1.165) is 57.9 Å². The van der Waals surface area contributed by atoms with Crippen molar-refractivity contribution in [3.8, 4) is 5.75 Å². The monoisotopic (exact) mass is 347 g/mol. The molecule has 3 rings (SSSR count). The Morgan fingerprint density at radius 2 is 1.92 bits per heavy atom. The minimum atomic E-state index is 0.110. The average molecular weight is 347 g/mol. The van der Waals surface area contributed by atoms with E-state index < -0.39 is 0 Å². The lowest BCUT2D eigenvalue weighted by atomic mass is 10.2. The van der Waals surface area contributed by atoms with Crippen LogP contribution in [0.1, 0.15) is 18.4 Å². The molecule has 2 fully saturated rings. The Kier molecular flexibility index (Phi) is 6.67. The summed E-state index contributed by atoms with van der Waals surface area (Å²) in [7, 11) is 1.69. The molecular formula is C19H29N3O3. The van der Waals surface area contributed by atoms with E-state index in [1.165, 1.54) is 5.56 Å². The number of benzene rings is 1. The van der Waals surface area contributed by atoms with Crippen LogP contribution >= 0.6 is 0 Å². The fourth-order valence-corrected chi connectivity index (χ4v) is 3.39. The Balaban J connectivity index is 1.34. The van der Waals surface area contributed by atoms with Crippen molar-refractivity contribution in [3.63, 3.8) is 0 Å². The molecule has 1 amide bonds. The highest BCUT2D eigenvalue weighted by Crippen LogP contribution is 2.14. The van der Waals surface area contributed by atoms with Gasteiger partial charge in [-0.2, -0.15) is 0 Å². The molecule has 0 bridgehead atoms. The first-order valence-electron chi connectivity index (χ1n) is 9.19. The van der Waals surface area contributed by atoms with Crippen LogP contribution in [0.2, 0.25) is 0 Å². The maximum absolute atomic E-state index is 12.1. The zero-order chi connectivity index (χ0) is 17.5. The largest absolute Gasteiger partial charge is 0.497 e. The molecule has 0 saturated carbocycles. The SMILES string of the molecule is COc1ccc(CN2CCN(CC(=O)NC[C@@H]3CCCO3)CC2)cc1. The third-order valence-electron chi connectivity index (χ3n) is 4.95. The number of hydrogen-bond donors (Lipinski definition) is 1. The lowest BCUT2D eigenvalue weighted by Gasteiger charge is -2.34. The summed E-state index contributed by atoms with van der Waals surface area (Å²) in [6.45, 7) is 6.77. The maximum atomic E-state index is 12.1. The molecular weight excluding hydrogens is 318 g/mol. The van der Waals surface area contributed by atoms with Crippen LogP contribution in [0.25, 0.3) is 0 Å². The minimum Gasteiger partial charge on any atom is -0.497 e. The number of rotatable bonds is 7. The summed E-state index contributed by atoms with van der Waals surface area (Å²) in [6.07, 6.45) is 2.38. The fourth-order valence-electron chi connectivity index (χ4n) is 3.39. The summed E-state index contributed by atoms with van der Waals surface area (Å²) in [5.74, 6) is 1.00. The van der Waals surface area contributed by atoms with E-state index in [-0.39, 0.29) is 12.0 Å². The zero-order valence-electron chi connectivity index (χ0n) is 15.1. The van der Waals surface area contributed by atoms with Crippen LogP contribution < -0.4 is 10.1 Å². The van der Waals surface area contributed by atoms with E-state index >= 15 is 0 Å². The van der Waals surface area contributed by atoms with Gasteiger partial charge in [0.2, 0.25) is 5.91 Å². The molecule has 0 radical (unpaired) electrons. The summed E-state index contributed by atoms with van der Waals surface area (Å²) in [5.41, 5.74) is 1.29. The molecule has 2 heterocycles. The van der Waals surface area contributed by atoms with Gasteiger partial charge in [0, 0.05) is 45.9 Å². The van der Waals surface area contributed by atoms with Crippen LogP contribution in [0.15, 0.2) is 24.3 Å². The molecule has 2 saturated heterocycles. The fraction of sp³-hybridized carbons (Fsp3) is 0.632. The second-order valence-corrected chi connectivity index (χ2v) is 6.84. The molecule has 1 N–H and O–H groups in total. The normalized spacial score (nSPS) is 22.0. The van der Waals surface area contributed by atoms with Gasteiger partial charge in [-0.25, -0.2) is 0 Å². The molecule has 1 atom stereocenters. The van der Waals surface area contributed by atoms with Crippen molar-refractivity contribution in [2.45, 2.75) is 25.5 Å². The predicted octanol–water partition coefficient (Wildman–Crippen LogP) is 1.11. The van der Waals surface area contributed by atoms with Gasteiger partial charge in [0.15, 0.2) is 0 Å². The van der Waals surface area contributed by atoms with E-state index in [4.69, 9.17) is 9.47 Å². The number of methoxy groups -OCH3 is 1. The molecule has 0 aromatic heterocycles. The quantitative estimate of drug-likeness (QED) is 0.801. The van der Waals surface area contributed by atoms with E-state index in [1.54, 1.807) is 7.11 Å². The van der Waals surface area contributed by atoms with Gasteiger partial charge in [0.1, 0.15) is 5.75 Å². The minimum absolute atomic E-state index is 0.110. The van der Waals surface area contributed by atoms with Crippen LogP contribution in [0.3, 0.4) is 0 Å². The molecule has 0 aliphatic carbocycles. The lowest BCUT2D eigenvalue weighted by Crippen LogP contribution is -2.49. The Hall–Kier alpha value is -1.63. The van der Waals surface area contributed by atoms with Gasteiger partial charge in [0.25, 0.3) is 0 Å². The van der Waals surface area contributed by atoms with Crippen molar-refractivity contribution >= 4 is 5.91 Å². The van der Waals surface area contributed by atoms with E-state index in [1.807, 2.05) is 12.1 Å². The van der Waals surface area contributed by atoms with E-state index in [0.29, 0.717) is 13.1 Å². The standard InChI is InChI=1S/C19H29N3O3/c1-24-17-6-4-16(5-7-17)14-21-8-10-22(11-9-21)15-19(23)20-13-18-3-2-12-25-18/h4-7,18H,2-3,8-15H2,1H3,(H,20,23)/t18-/m0/s1. The van der Waals surface area contributed by atoms with Gasteiger partial charge in [0.05, 0.1) is 19.8 Å². The Labute approximate surface area is 150 Å². The number of piperazine rings is 1. The van der Waals surface area contributed by atoms with Crippen LogP contribution in [0.4, 0.5) is 0 Å². The maximum Gasteiger partial charge on any atom is 0.234 e. The lowest BCUT2D eigenvalue weighted by molar-refractivity contribution is -0.123. The summed E-state index contributed by atoms with van der Waals surface area (Å²) in [6, 6.07) is 8.24. The molecule has 0 unspecified atom stereocenters. The number of carbonyl (C=O) groups is 1. The van der Waals surface area contributed by atoms with Gasteiger partial charge < -0.3 is 14.8 Å². The van der Waals surface area contributed by atoms with E-state index in [9.17, 15) is 4.79 Å². The number of carbonyl (C=O) groups excluding carboxylic acids is 1. The number of amides is 1. The Morgan fingerprint density at radius 3 is 2.56 bits per heavy atom. The van der Waals surface area contributed by atoms with Gasteiger partial charge in [-0.3, -0.25) is 14.6 Å². The molecule has 6 nitrogen and oxygen atoms in total. The molecule has 25 heavy (non-hydrogen) atoms. The summed E-state index contributed by atoms with van der Waals surface area (Å²) in [5, 5.41) is 3.00. The van der Waals surface area contributed by atoms with Crippen LogP contribution in [0.5, 0.6) is 5.75 Å². The van der Waals surface area contributed by atoms with Gasteiger partial charge in [-0.1, -0.05) is 12.1 Å². The molecule has 0 spiro atoms. The number of hydrogen-bond acceptors (Lipinski definition) is 5. The van der Waals surface area contributed by atoms with Crippen molar-refractivity contribution in [1.29, 1.82) is 0 Å². The molecule has 2 aliphatic rings. The summed E-state index contributed by atoms with van der Waals surface area (Å²) >= 11 is 0. The highest BCUT2D eigenvalue weighted by atomic mass is 16.5. The Bertz CT molecular complexity index is 535. The van der Waals surface area contributed by atoms with Gasteiger partial charge in [-0.15, -0.1) is 0 Å². The third kappa shape index (κ3) is 5.70. The van der Waals surface area contributed by atoms with Crippen LogP contribution in [-0.4, -0.2) is 74.8 Å². The molecule has 1 aromatic carbocycles. The first-order chi connectivity index (χ1) is 12.2. The van der Waals surface area contributed by atoms with Crippen LogP contribution in [-0.2, 0) is 16.1 Å².